The van der Waals surface area contributed by atoms with Gasteiger partial charge in [-0.3, -0.25) is 0 Å². The summed E-state index contributed by atoms with van der Waals surface area (Å²) >= 11 is 0. The first-order valence-corrected chi connectivity index (χ1v) is 11.7. The van der Waals surface area contributed by atoms with Crippen LogP contribution in [0.2, 0.25) is 0 Å². The molecule has 1 fully saturated rings. The summed E-state index contributed by atoms with van der Waals surface area (Å²) in [6, 6.07) is 9.12. The van der Waals surface area contributed by atoms with Gasteiger partial charge in [-0.1, -0.05) is 32.4 Å². The second-order valence-electron chi connectivity index (χ2n) is 8.59. The molecule has 0 spiro atoms. The molecule has 0 saturated carbocycles. The summed E-state index contributed by atoms with van der Waals surface area (Å²) < 4.78 is 5.69. The van der Waals surface area contributed by atoms with Crippen LogP contribution in [0.1, 0.15) is 53.3 Å². The average Bonchev–Trinajstić information content (AvgIpc) is 3.23. The van der Waals surface area contributed by atoms with Crippen LogP contribution < -0.4 is 5.43 Å². The number of nitrogens with one attached hydrogen (secondary N) is 1. The van der Waals surface area contributed by atoms with E-state index in [1.165, 1.54) is 45.2 Å². The fourth-order valence-electron chi connectivity index (χ4n) is 4.48. The van der Waals surface area contributed by atoms with Crippen molar-refractivity contribution in [3.63, 3.8) is 0 Å². The summed E-state index contributed by atoms with van der Waals surface area (Å²) in [5.41, 5.74) is 4.58. The van der Waals surface area contributed by atoms with Gasteiger partial charge in [-0.2, -0.15) is 0 Å². The van der Waals surface area contributed by atoms with Gasteiger partial charge >= 0.3 is 0 Å². The highest BCUT2D eigenvalue weighted by Gasteiger charge is 2.24. The fraction of sp³-hybridized carbons (Fsp3) is 0.520. The number of hydrazine groups is 1. The number of nitrogens with zero attached hydrogens (tertiary/aromatic N) is 4. The molecule has 1 N–H and O–H groups in total. The van der Waals surface area contributed by atoms with Gasteiger partial charge in [-0.15, -0.1) is 0 Å². The topological polar surface area (TPSA) is 57.4 Å². The first kappa shape index (κ1) is 21.8. The predicted octanol–water partition coefficient (Wildman–Crippen LogP) is 5.75. The van der Waals surface area contributed by atoms with E-state index in [4.69, 9.17) is 4.42 Å². The maximum Gasteiger partial charge on any atom is 0.191 e. The summed E-state index contributed by atoms with van der Waals surface area (Å²) in [6.07, 6.45) is 9.94. The number of aromatic nitrogens is 2. The molecule has 31 heavy (non-hydrogen) atoms. The summed E-state index contributed by atoms with van der Waals surface area (Å²) in [5, 5.41) is 4.58. The largest absolute Gasteiger partial charge is 0.441 e. The zero-order valence-electron chi connectivity index (χ0n) is 19.1. The van der Waals surface area contributed by atoms with Crippen molar-refractivity contribution in [2.75, 3.05) is 31.6 Å². The average molecular weight is 424 g/mol. The van der Waals surface area contributed by atoms with Crippen LogP contribution in [0.4, 0.5) is 5.82 Å². The Balaban J connectivity index is 0.00000289. The van der Waals surface area contributed by atoms with Gasteiger partial charge < -0.3 is 14.7 Å². The number of benzene rings is 1. The number of oxazole rings is 1. The lowest BCUT2D eigenvalue weighted by Gasteiger charge is -2.38. The number of rotatable bonds is 9. The van der Waals surface area contributed by atoms with E-state index in [0.29, 0.717) is 11.9 Å². The minimum atomic E-state index is 0. The predicted molar refractivity (Wildman–Crippen MR) is 129 cm³/mol. The fourth-order valence-corrected chi connectivity index (χ4v) is 4.48. The number of fused-ring (bicyclic) bond motifs is 1. The molecule has 6 nitrogen and oxygen atoms in total. The van der Waals surface area contributed by atoms with Crippen molar-refractivity contribution >= 4 is 16.6 Å². The number of piperidine rings is 1. The second kappa shape index (κ2) is 10.2. The van der Waals surface area contributed by atoms with E-state index in [1.807, 2.05) is 13.1 Å². The Kier molecular flexibility index (Phi) is 7.20. The minimum Gasteiger partial charge on any atom is -0.441 e. The van der Waals surface area contributed by atoms with Gasteiger partial charge in [0.15, 0.2) is 11.7 Å². The molecule has 1 aliphatic heterocycles. The lowest BCUT2D eigenvalue weighted by molar-refractivity contribution is 0.118. The molecule has 0 unspecified atom stereocenters. The van der Waals surface area contributed by atoms with Crippen molar-refractivity contribution in [2.45, 2.75) is 58.9 Å². The Morgan fingerprint density at radius 2 is 1.90 bits per heavy atom. The number of anilines is 1. The first-order valence-electron chi connectivity index (χ1n) is 11.7. The van der Waals surface area contributed by atoms with Crippen LogP contribution >= 0.6 is 0 Å². The summed E-state index contributed by atoms with van der Waals surface area (Å²) in [6.45, 7) is 11.0. The van der Waals surface area contributed by atoms with E-state index in [9.17, 15) is 0 Å². The van der Waals surface area contributed by atoms with Gasteiger partial charge in [-0.05, 0) is 56.3 Å². The molecule has 1 saturated heterocycles. The molecule has 2 aromatic heterocycles. The van der Waals surface area contributed by atoms with Gasteiger partial charge in [0.05, 0.1) is 6.20 Å². The smallest absolute Gasteiger partial charge is 0.191 e. The first-order chi connectivity index (χ1) is 15.2. The maximum atomic E-state index is 5.69. The van der Waals surface area contributed by atoms with Crippen molar-refractivity contribution in [1.82, 2.24) is 19.9 Å². The number of hydrogen-bond donors (Lipinski definition) is 1. The number of aryl methyl sites for hydroxylation is 1. The highest BCUT2D eigenvalue weighted by molar-refractivity contribution is 5.87. The Morgan fingerprint density at radius 1 is 1.06 bits per heavy atom. The third-order valence-electron chi connectivity index (χ3n) is 6.19. The van der Waals surface area contributed by atoms with E-state index >= 15 is 0 Å². The second-order valence-corrected chi connectivity index (χ2v) is 8.59. The van der Waals surface area contributed by atoms with Crippen molar-refractivity contribution in [2.24, 2.45) is 0 Å². The molecule has 3 heterocycles. The van der Waals surface area contributed by atoms with Crippen molar-refractivity contribution in [3.05, 3.63) is 42.5 Å². The summed E-state index contributed by atoms with van der Waals surface area (Å²) in [4.78, 5) is 11.6. The molecule has 168 valence electrons. The lowest BCUT2D eigenvalue weighted by Crippen LogP contribution is -2.47. The zero-order valence-corrected chi connectivity index (χ0v) is 19.1. The molecule has 1 aliphatic rings. The van der Waals surface area contributed by atoms with E-state index in [1.54, 1.807) is 6.20 Å². The minimum absolute atomic E-state index is 0. The van der Waals surface area contributed by atoms with Gasteiger partial charge in [-0.25, -0.2) is 15.0 Å². The van der Waals surface area contributed by atoms with Crippen LogP contribution in [0.25, 0.3) is 22.1 Å². The molecular weight excluding hydrogens is 386 g/mol. The van der Waals surface area contributed by atoms with Gasteiger partial charge in [0.1, 0.15) is 5.82 Å². The van der Waals surface area contributed by atoms with E-state index in [-0.39, 0.29) is 1.43 Å². The Bertz CT molecular complexity index is 983. The number of unbranched alkanes of at least 4 members (excludes halogenated alkanes) is 1. The molecule has 0 bridgehead atoms. The monoisotopic (exact) mass is 423 g/mol. The van der Waals surface area contributed by atoms with Gasteiger partial charge in [0.25, 0.3) is 0 Å². The Morgan fingerprint density at radius 3 is 2.61 bits per heavy atom. The quantitative estimate of drug-likeness (QED) is 0.473. The third kappa shape index (κ3) is 5.43. The third-order valence-corrected chi connectivity index (χ3v) is 6.19. The maximum absolute atomic E-state index is 5.69. The SMILES string of the molecule is CCCCN(CCC)C1CCN(Nc2cc3cc(-c4cnc(C)o4)ccc3cn2)CC1.[HH]. The molecule has 4 rings (SSSR count). The molecule has 0 aliphatic carbocycles. The Labute approximate surface area is 187 Å². The van der Waals surface area contributed by atoms with Crippen LogP contribution in [0.3, 0.4) is 0 Å². The van der Waals surface area contributed by atoms with E-state index < -0.39 is 0 Å². The zero-order chi connectivity index (χ0) is 21.6. The summed E-state index contributed by atoms with van der Waals surface area (Å²) in [5.74, 6) is 2.38. The number of hydrogen-bond acceptors (Lipinski definition) is 6. The molecule has 6 heteroatoms. The van der Waals surface area contributed by atoms with E-state index in [2.05, 4.69) is 63.4 Å². The molecular formula is C25H37N5O. The molecule has 3 aromatic rings. The van der Waals surface area contributed by atoms with Gasteiger partial charge in [0.2, 0.25) is 0 Å². The van der Waals surface area contributed by atoms with Crippen molar-refractivity contribution < 1.29 is 5.84 Å². The normalized spacial score (nSPS) is 15.7. The number of pyridine rings is 1. The molecule has 0 atom stereocenters. The Hall–Kier alpha value is -2.44. The highest BCUT2D eigenvalue weighted by Crippen LogP contribution is 2.26. The van der Waals surface area contributed by atoms with Crippen LogP contribution in [0.5, 0.6) is 0 Å². The van der Waals surface area contributed by atoms with Crippen LogP contribution in [-0.2, 0) is 0 Å². The van der Waals surface area contributed by atoms with E-state index in [0.717, 1.165) is 41.0 Å². The standard InChI is InChI=1S/C25H35N5O.H2/c1-4-6-12-29(11-5-2)23-9-13-30(14-10-23)28-25-16-22-15-20(7-8-21(22)17-27-25)24-18-26-19(3)31-24;/h7-8,15-18,23H,4-6,9-14H2,1-3H3,(H,27,28);1H. The van der Waals surface area contributed by atoms with Crippen molar-refractivity contribution in [3.8, 4) is 11.3 Å². The lowest BCUT2D eigenvalue weighted by atomic mass is 10.0. The summed E-state index contributed by atoms with van der Waals surface area (Å²) in [7, 11) is 0. The molecule has 1 aromatic carbocycles. The van der Waals surface area contributed by atoms with Crippen molar-refractivity contribution in [1.29, 1.82) is 0 Å². The highest BCUT2D eigenvalue weighted by atomic mass is 16.4. The molecule has 0 amide bonds. The van der Waals surface area contributed by atoms with Gasteiger partial charge in [0, 0.05) is 44.6 Å². The molecule has 0 radical (unpaired) electrons. The van der Waals surface area contributed by atoms with Crippen LogP contribution in [-0.4, -0.2) is 52.1 Å². The van der Waals surface area contributed by atoms with Crippen LogP contribution in [0.15, 0.2) is 41.1 Å². The van der Waals surface area contributed by atoms with Crippen LogP contribution in [0, 0.1) is 6.92 Å².